The second kappa shape index (κ2) is 4.49. The van der Waals surface area contributed by atoms with E-state index in [0.29, 0.717) is 18.9 Å². The summed E-state index contributed by atoms with van der Waals surface area (Å²) in [7, 11) is 0. The summed E-state index contributed by atoms with van der Waals surface area (Å²) >= 11 is 3.46. The molecule has 15 heavy (non-hydrogen) atoms. The van der Waals surface area contributed by atoms with E-state index in [9.17, 15) is 4.79 Å². The Balaban J connectivity index is 2.05. The smallest absolute Gasteiger partial charge is 0.250 e. The molecule has 0 aromatic rings. The van der Waals surface area contributed by atoms with Gasteiger partial charge in [0.15, 0.2) is 0 Å². The van der Waals surface area contributed by atoms with Crippen molar-refractivity contribution >= 4 is 21.8 Å². The summed E-state index contributed by atoms with van der Waals surface area (Å²) in [6.45, 7) is 1.61. The van der Waals surface area contributed by atoms with E-state index in [4.69, 9.17) is 5.11 Å². The quantitative estimate of drug-likeness (QED) is 0.844. The van der Waals surface area contributed by atoms with E-state index < -0.39 is 0 Å². The molecule has 0 aromatic carbocycles. The third kappa shape index (κ3) is 2.16. The fourth-order valence-electron chi connectivity index (χ4n) is 2.12. The lowest BCUT2D eigenvalue weighted by molar-refractivity contribution is -0.124. The molecule has 4 heteroatoms. The number of aliphatic hydroxyl groups excluding tert-OH is 1. The molecule has 1 aliphatic heterocycles. The average molecular weight is 272 g/mol. The van der Waals surface area contributed by atoms with Crippen molar-refractivity contribution in [1.82, 2.24) is 4.90 Å². The van der Waals surface area contributed by atoms with Crippen LogP contribution in [0.2, 0.25) is 0 Å². The molecule has 1 fully saturated rings. The lowest BCUT2D eigenvalue weighted by Gasteiger charge is -2.15. The number of hydrogen-bond donors (Lipinski definition) is 1. The van der Waals surface area contributed by atoms with E-state index in [-0.39, 0.29) is 12.5 Å². The maximum absolute atomic E-state index is 11.9. The van der Waals surface area contributed by atoms with Crippen LogP contribution in [0.3, 0.4) is 0 Å². The van der Waals surface area contributed by atoms with Gasteiger partial charge in [0.05, 0.1) is 0 Å². The number of likely N-dealkylation sites (tertiary alicyclic amines) is 1. The second-order valence-electron chi connectivity index (χ2n) is 3.96. The Morgan fingerprint density at radius 3 is 3.07 bits per heavy atom. The van der Waals surface area contributed by atoms with E-state index in [1.807, 2.05) is 17.1 Å². The molecule has 3 nitrogen and oxygen atoms in total. The molecule has 1 heterocycles. The van der Waals surface area contributed by atoms with Gasteiger partial charge >= 0.3 is 0 Å². The van der Waals surface area contributed by atoms with Gasteiger partial charge in [-0.15, -0.1) is 0 Å². The van der Waals surface area contributed by atoms with Crippen molar-refractivity contribution in [1.29, 1.82) is 0 Å². The number of fused-ring (bicyclic) bond motifs is 1. The van der Waals surface area contributed by atoms with E-state index in [1.165, 1.54) is 0 Å². The number of rotatable bonds is 3. The number of carbonyl (C=O) groups is 1. The minimum absolute atomic E-state index is 0.143. The van der Waals surface area contributed by atoms with Gasteiger partial charge in [-0.1, -0.05) is 28.1 Å². The van der Waals surface area contributed by atoms with E-state index >= 15 is 0 Å². The van der Waals surface area contributed by atoms with E-state index in [1.54, 1.807) is 0 Å². The Morgan fingerprint density at radius 1 is 1.53 bits per heavy atom. The molecule has 1 N–H and O–H groups in total. The Hall–Kier alpha value is -0.610. The topological polar surface area (TPSA) is 40.5 Å². The standard InChI is InChI=1S/C11H14BrNO2/c12-9-2-3-10-8(6-9)7-13(11(10)15)4-1-5-14/h2-3,8,14H,1,4-7H2. The summed E-state index contributed by atoms with van der Waals surface area (Å²) in [5.74, 6) is 0.486. The van der Waals surface area contributed by atoms with Crippen molar-refractivity contribution in [2.45, 2.75) is 12.8 Å². The van der Waals surface area contributed by atoms with Crippen LogP contribution >= 0.6 is 15.9 Å². The summed E-state index contributed by atoms with van der Waals surface area (Å²) in [5, 5.41) is 8.74. The summed E-state index contributed by atoms with van der Waals surface area (Å²) in [4.78, 5) is 13.7. The first-order chi connectivity index (χ1) is 7.22. The first kappa shape index (κ1) is 10.9. The molecule has 1 amide bonds. The number of nitrogens with zero attached hydrogens (tertiary/aromatic N) is 1. The van der Waals surface area contributed by atoms with Crippen LogP contribution in [0.5, 0.6) is 0 Å². The first-order valence-corrected chi connectivity index (χ1v) is 5.98. The molecule has 1 unspecified atom stereocenters. The summed E-state index contributed by atoms with van der Waals surface area (Å²) in [6, 6.07) is 0. The van der Waals surface area contributed by atoms with Crippen molar-refractivity contribution < 1.29 is 9.90 Å². The van der Waals surface area contributed by atoms with Crippen LogP contribution in [0.25, 0.3) is 0 Å². The molecule has 0 radical (unpaired) electrons. The number of amides is 1. The molecule has 0 saturated carbocycles. The normalized spacial score (nSPS) is 25.1. The Morgan fingerprint density at radius 2 is 2.33 bits per heavy atom. The predicted octanol–water partition coefficient (Wildman–Crippen LogP) is 1.44. The highest BCUT2D eigenvalue weighted by Crippen LogP contribution is 2.34. The third-order valence-electron chi connectivity index (χ3n) is 2.89. The predicted molar refractivity (Wildman–Crippen MR) is 61.5 cm³/mol. The van der Waals surface area contributed by atoms with Gasteiger partial charge in [-0.05, 0) is 17.3 Å². The number of allylic oxidation sites excluding steroid dienone is 3. The van der Waals surface area contributed by atoms with Crippen LogP contribution in [0.4, 0.5) is 0 Å². The Bertz CT molecular complexity index is 335. The molecule has 0 spiro atoms. The van der Waals surface area contributed by atoms with Crippen LogP contribution in [0.1, 0.15) is 12.8 Å². The van der Waals surface area contributed by atoms with Crippen LogP contribution in [-0.2, 0) is 4.79 Å². The monoisotopic (exact) mass is 271 g/mol. The molecule has 1 aliphatic carbocycles. The van der Waals surface area contributed by atoms with Crippen molar-refractivity contribution in [3.8, 4) is 0 Å². The number of halogens is 1. The van der Waals surface area contributed by atoms with Crippen LogP contribution in [-0.4, -0.2) is 35.6 Å². The van der Waals surface area contributed by atoms with Crippen molar-refractivity contribution in [2.24, 2.45) is 5.92 Å². The van der Waals surface area contributed by atoms with Gasteiger partial charge in [0, 0.05) is 31.2 Å². The van der Waals surface area contributed by atoms with Crippen LogP contribution in [0.15, 0.2) is 22.2 Å². The van der Waals surface area contributed by atoms with Crippen molar-refractivity contribution in [2.75, 3.05) is 19.7 Å². The molecule has 0 bridgehead atoms. The molecular weight excluding hydrogens is 258 g/mol. The minimum Gasteiger partial charge on any atom is -0.396 e. The first-order valence-electron chi connectivity index (χ1n) is 5.18. The number of hydrogen-bond acceptors (Lipinski definition) is 2. The lowest BCUT2D eigenvalue weighted by Crippen LogP contribution is -2.27. The lowest BCUT2D eigenvalue weighted by atomic mass is 9.94. The molecule has 82 valence electrons. The summed E-state index contributed by atoms with van der Waals surface area (Å²) in [5.41, 5.74) is 0.927. The molecule has 0 aromatic heterocycles. The minimum atomic E-state index is 0.143. The zero-order chi connectivity index (χ0) is 10.8. The van der Waals surface area contributed by atoms with Gasteiger partial charge in [0.25, 0.3) is 0 Å². The Labute approximate surface area is 97.6 Å². The highest BCUT2D eigenvalue weighted by Gasteiger charge is 2.35. The number of aliphatic hydroxyl groups is 1. The zero-order valence-electron chi connectivity index (χ0n) is 8.45. The van der Waals surface area contributed by atoms with Gasteiger partial charge in [0.1, 0.15) is 0 Å². The van der Waals surface area contributed by atoms with E-state index in [0.717, 1.165) is 23.0 Å². The fraction of sp³-hybridized carbons (Fsp3) is 0.545. The summed E-state index contributed by atoms with van der Waals surface area (Å²) in [6.07, 6.45) is 5.46. The highest BCUT2D eigenvalue weighted by atomic mass is 79.9. The van der Waals surface area contributed by atoms with Crippen LogP contribution < -0.4 is 0 Å². The largest absolute Gasteiger partial charge is 0.396 e. The van der Waals surface area contributed by atoms with Crippen molar-refractivity contribution in [3.05, 3.63) is 22.2 Å². The van der Waals surface area contributed by atoms with Gasteiger partial charge < -0.3 is 10.0 Å². The fourth-order valence-corrected chi connectivity index (χ4v) is 2.65. The summed E-state index contributed by atoms with van der Waals surface area (Å²) < 4.78 is 1.16. The Kier molecular flexibility index (Phi) is 3.26. The molecule has 2 rings (SSSR count). The number of carbonyl (C=O) groups excluding carboxylic acids is 1. The maximum Gasteiger partial charge on any atom is 0.250 e. The van der Waals surface area contributed by atoms with Crippen LogP contribution in [0, 0.1) is 5.92 Å². The molecule has 1 saturated heterocycles. The highest BCUT2D eigenvalue weighted by molar-refractivity contribution is 9.11. The second-order valence-corrected chi connectivity index (χ2v) is 4.98. The van der Waals surface area contributed by atoms with Gasteiger partial charge in [0.2, 0.25) is 5.91 Å². The maximum atomic E-state index is 11.9. The molecular formula is C11H14BrNO2. The van der Waals surface area contributed by atoms with Gasteiger partial charge in [-0.3, -0.25) is 4.79 Å². The zero-order valence-corrected chi connectivity index (χ0v) is 10.0. The molecule has 2 aliphatic rings. The van der Waals surface area contributed by atoms with Crippen molar-refractivity contribution in [3.63, 3.8) is 0 Å². The SMILES string of the molecule is O=C1C2=CC=C(Br)CC2CN1CCCO. The molecule has 1 atom stereocenters. The van der Waals surface area contributed by atoms with E-state index in [2.05, 4.69) is 15.9 Å². The third-order valence-corrected chi connectivity index (χ3v) is 3.47. The van der Waals surface area contributed by atoms with Gasteiger partial charge in [-0.2, -0.15) is 0 Å². The average Bonchev–Trinajstić information content (AvgIpc) is 2.52. The van der Waals surface area contributed by atoms with Gasteiger partial charge in [-0.25, -0.2) is 0 Å².